The molecule has 2 aromatic carbocycles. The average molecular weight is 376 g/mol. The third kappa shape index (κ3) is 4.59. The zero-order valence-electron chi connectivity index (χ0n) is 12.6. The molecular weight excluding hydrogens is 365 g/mol. The Morgan fingerprint density at radius 2 is 1.80 bits per heavy atom. The molecule has 0 atom stereocenters. The predicted octanol–water partition coefficient (Wildman–Crippen LogP) is 3.60. The van der Waals surface area contributed by atoms with Crippen molar-refractivity contribution >= 4 is 21.4 Å². The maximum Gasteiger partial charge on any atom is 0.573 e. The van der Waals surface area contributed by atoms with Crippen LogP contribution in [0, 0.1) is 17.0 Å². The molecule has 2 rings (SSSR count). The zero-order valence-corrected chi connectivity index (χ0v) is 13.4. The number of benzene rings is 2. The first-order valence-electron chi connectivity index (χ1n) is 6.62. The molecule has 0 bridgehead atoms. The van der Waals surface area contributed by atoms with Gasteiger partial charge in [-0.2, -0.15) is 0 Å². The molecule has 0 amide bonds. The van der Waals surface area contributed by atoms with E-state index in [2.05, 4.69) is 4.74 Å². The molecule has 7 nitrogen and oxygen atoms in total. The summed E-state index contributed by atoms with van der Waals surface area (Å²) < 4.78 is 67.5. The monoisotopic (exact) mass is 376 g/mol. The van der Waals surface area contributed by atoms with Crippen molar-refractivity contribution in [1.29, 1.82) is 0 Å². The molecule has 0 aliphatic heterocycles. The van der Waals surface area contributed by atoms with E-state index in [1.165, 1.54) is 25.1 Å². The summed E-state index contributed by atoms with van der Waals surface area (Å²) in [4.78, 5) is 9.69. The van der Waals surface area contributed by atoms with Crippen LogP contribution in [0.4, 0.5) is 24.5 Å². The predicted molar refractivity (Wildman–Crippen MR) is 81.8 cm³/mol. The molecule has 0 aliphatic rings. The van der Waals surface area contributed by atoms with Crippen LogP contribution >= 0.6 is 0 Å². The Morgan fingerprint density at radius 3 is 2.40 bits per heavy atom. The number of para-hydroxylation sites is 2. The summed E-state index contributed by atoms with van der Waals surface area (Å²) in [5.41, 5.74) is -0.643. The third-order valence-electron chi connectivity index (χ3n) is 3.04. The molecule has 0 radical (unpaired) electrons. The second-order valence-electron chi connectivity index (χ2n) is 4.85. The smallest absolute Gasteiger partial charge is 0.404 e. The van der Waals surface area contributed by atoms with Crippen molar-refractivity contribution in [3.63, 3.8) is 0 Å². The number of aryl methyl sites for hydroxylation is 1. The lowest BCUT2D eigenvalue weighted by molar-refractivity contribution is -0.385. The number of nitrogens with one attached hydrogen (secondary N) is 1. The van der Waals surface area contributed by atoms with Gasteiger partial charge in [0.25, 0.3) is 15.7 Å². The van der Waals surface area contributed by atoms with Crippen molar-refractivity contribution in [3.8, 4) is 5.75 Å². The average Bonchev–Trinajstić information content (AvgIpc) is 2.47. The number of halogens is 3. The Labute approximate surface area is 140 Å². The van der Waals surface area contributed by atoms with Crippen LogP contribution in [0.5, 0.6) is 5.75 Å². The minimum Gasteiger partial charge on any atom is -0.404 e. The van der Waals surface area contributed by atoms with Crippen LogP contribution in [0.25, 0.3) is 0 Å². The minimum absolute atomic E-state index is 0.241. The van der Waals surface area contributed by atoms with Gasteiger partial charge < -0.3 is 4.74 Å². The first-order chi connectivity index (χ1) is 11.5. The number of rotatable bonds is 5. The molecule has 1 N–H and O–H groups in total. The van der Waals surface area contributed by atoms with Gasteiger partial charge in [-0.15, -0.1) is 13.2 Å². The molecule has 134 valence electrons. The highest BCUT2D eigenvalue weighted by Gasteiger charge is 2.32. The second-order valence-corrected chi connectivity index (χ2v) is 6.54. The summed E-state index contributed by atoms with van der Waals surface area (Å²) in [6, 6.07) is 7.70. The van der Waals surface area contributed by atoms with Gasteiger partial charge in [0.15, 0.2) is 5.75 Å². The summed E-state index contributed by atoms with van der Waals surface area (Å²) in [6.07, 6.45) is -5.01. The highest BCUT2D eigenvalue weighted by molar-refractivity contribution is 7.92. The standard InChI is InChI=1S/C14H11F3N2O5S/c1-9-6-7-10(8-12(9)19(20)21)25(22,23)18-11-4-2-3-5-13(11)24-14(15,16)17/h2-8,18H,1H3. The van der Waals surface area contributed by atoms with Gasteiger partial charge in [0.05, 0.1) is 15.5 Å². The van der Waals surface area contributed by atoms with E-state index in [9.17, 15) is 31.7 Å². The normalized spacial score (nSPS) is 11.8. The van der Waals surface area contributed by atoms with E-state index in [0.29, 0.717) is 0 Å². The summed E-state index contributed by atoms with van der Waals surface area (Å²) in [6.45, 7) is 1.43. The highest BCUT2D eigenvalue weighted by Crippen LogP contribution is 2.32. The molecule has 0 aliphatic carbocycles. The van der Waals surface area contributed by atoms with Crippen LogP contribution in [-0.4, -0.2) is 19.7 Å². The fourth-order valence-corrected chi connectivity index (χ4v) is 3.01. The van der Waals surface area contributed by atoms with Crippen LogP contribution in [0.1, 0.15) is 5.56 Å². The van der Waals surface area contributed by atoms with Gasteiger partial charge in [-0.3, -0.25) is 14.8 Å². The van der Waals surface area contributed by atoms with Gasteiger partial charge >= 0.3 is 6.36 Å². The summed E-state index contributed by atoms with van der Waals surface area (Å²) >= 11 is 0. The Morgan fingerprint density at radius 1 is 1.16 bits per heavy atom. The number of nitro groups is 1. The Bertz CT molecular complexity index is 913. The van der Waals surface area contributed by atoms with E-state index in [1.807, 2.05) is 4.72 Å². The van der Waals surface area contributed by atoms with Crippen LogP contribution in [-0.2, 0) is 10.0 Å². The van der Waals surface area contributed by atoms with Gasteiger partial charge in [-0.05, 0) is 25.1 Å². The van der Waals surface area contributed by atoms with Crippen molar-refractivity contribution in [2.24, 2.45) is 0 Å². The molecule has 0 saturated heterocycles. The van der Waals surface area contributed by atoms with Crippen LogP contribution in [0.15, 0.2) is 47.4 Å². The van der Waals surface area contributed by atoms with Gasteiger partial charge in [0.1, 0.15) is 0 Å². The maximum atomic E-state index is 12.4. The summed E-state index contributed by atoms with van der Waals surface area (Å²) in [7, 11) is -4.37. The van der Waals surface area contributed by atoms with Crippen molar-refractivity contribution < 1.29 is 31.2 Å². The SMILES string of the molecule is Cc1ccc(S(=O)(=O)Nc2ccccc2OC(F)(F)F)cc1[N+](=O)[O-]. The van der Waals surface area contributed by atoms with E-state index in [-0.39, 0.29) is 5.56 Å². The first kappa shape index (κ1) is 18.5. The Hall–Kier alpha value is -2.82. The molecule has 25 heavy (non-hydrogen) atoms. The summed E-state index contributed by atoms with van der Waals surface area (Å²) in [5, 5.41) is 10.9. The number of alkyl halides is 3. The minimum atomic E-state index is -5.01. The number of nitrogens with zero attached hydrogens (tertiary/aromatic N) is 1. The van der Waals surface area contributed by atoms with E-state index in [1.54, 1.807) is 0 Å². The number of hydrogen-bond acceptors (Lipinski definition) is 5. The lowest BCUT2D eigenvalue weighted by Gasteiger charge is -2.14. The van der Waals surface area contributed by atoms with Crippen molar-refractivity contribution in [3.05, 3.63) is 58.1 Å². The second kappa shape index (κ2) is 6.59. The molecule has 11 heteroatoms. The molecule has 0 saturated carbocycles. The van der Waals surface area contributed by atoms with Crippen LogP contribution in [0.2, 0.25) is 0 Å². The fourth-order valence-electron chi connectivity index (χ4n) is 1.92. The zero-order chi connectivity index (χ0) is 18.8. The van der Waals surface area contributed by atoms with E-state index < -0.39 is 43.3 Å². The molecule has 0 fully saturated rings. The lowest BCUT2D eigenvalue weighted by Crippen LogP contribution is -2.20. The maximum absolute atomic E-state index is 12.4. The summed E-state index contributed by atoms with van der Waals surface area (Å²) in [5.74, 6) is -0.750. The van der Waals surface area contributed by atoms with Gasteiger partial charge in [-0.25, -0.2) is 8.42 Å². The molecule has 0 spiro atoms. The Kier molecular flexibility index (Phi) is 4.88. The number of nitro benzene ring substituents is 1. The largest absolute Gasteiger partial charge is 0.573 e. The van der Waals surface area contributed by atoms with Gasteiger partial charge in [0.2, 0.25) is 0 Å². The van der Waals surface area contributed by atoms with Crippen molar-refractivity contribution in [2.75, 3.05) is 4.72 Å². The van der Waals surface area contributed by atoms with E-state index in [4.69, 9.17) is 0 Å². The highest BCUT2D eigenvalue weighted by atomic mass is 32.2. The van der Waals surface area contributed by atoms with Gasteiger partial charge in [0, 0.05) is 11.6 Å². The van der Waals surface area contributed by atoms with Crippen molar-refractivity contribution in [1.82, 2.24) is 0 Å². The number of sulfonamides is 1. The van der Waals surface area contributed by atoms with Crippen molar-refractivity contribution in [2.45, 2.75) is 18.2 Å². The number of hydrogen-bond donors (Lipinski definition) is 1. The topological polar surface area (TPSA) is 98.5 Å². The van der Waals surface area contributed by atoms with Gasteiger partial charge in [-0.1, -0.05) is 18.2 Å². The Balaban J connectivity index is 2.41. The molecule has 0 aromatic heterocycles. The molecule has 0 heterocycles. The fraction of sp³-hybridized carbons (Fsp3) is 0.143. The lowest BCUT2D eigenvalue weighted by atomic mass is 10.2. The number of anilines is 1. The quantitative estimate of drug-likeness (QED) is 0.635. The van der Waals surface area contributed by atoms with Crippen LogP contribution in [0.3, 0.4) is 0 Å². The molecule has 0 unspecified atom stereocenters. The van der Waals surface area contributed by atoms with E-state index >= 15 is 0 Å². The van der Waals surface area contributed by atoms with Crippen LogP contribution < -0.4 is 9.46 Å². The third-order valence-corrected chi connectivity index (χ3v) is 4.41. The molecular formula is C14H11F3N2O5S. The first-order valence-corrected chi connectivity index (χ1v) is 8.10. The number of ether oxygens (including phenoxy) is 1. The van der Waals surface area contributed by atoms with E-state index in [0.717, 1.165) is 24.3 Å². The molecule has 2 aromatic rings.